The van der Waals surface area contributed by atoms with Crippen LogP contribution < -0.4 is 4.90 Å². The summed E-state index contributed by atoms with van der Waals surface area (Å²) in [5.41, 5.74) is 6.73. The highest BCUT2D eigenvalue weighted by atomic mass is 32.1. The van der Waals surface area contributed by atoms with Crippen LogP contribution in [0.25, 0.3) is 17.0 Å². The second kappa shape index (κ2) is 9.54. The third-order valence-electron chi connectivity index (χ3n) is 7.46. The molecule has 2 aliphatic rings. The number of aryl methyl sites for hydroxylation is 3. The molecular weight excluding hydrogens is 468 g/mol. The van der Waals surface area contributed by atoms with E-state index in [9.17, 15) is 9.59 Å². The molecule has 36 heavy (non-hydrogen) atoms. The number of likely N-dealkylation sites (tertiary alicyclic amines) is 1. The quantitative estimate of drug-likeness (QED) is 0.364. The number of likely N-dealkylation sites (N-methyl/N-ethyl adjacent to an activating group) is 1. The van der Waals surface area contributed by atoms with Crippen molar-refractivity contribution in [2.45, 2.75) is 46.6 Å². The van der Waals surface area contributed by atoms with E-state index in [-0.39, 0.29) is 11.8 Å². The molecule has 186 valence electrons. The lowest BCUT2D eigenvalue weighted by Gasteiger charge is -2.17. The SMILES string of the molecule is CCc1cccc2c(/C=C3/C(=O)N(c4ccc(C)c(C)c4)C(=S)N3C)cn(CC(=O)N3CCCC3)c12. The maximum atomic E-state index is 13.6. The fraction of sp³-hybridized carbons (Fsp3) is 0.345. The summed E-state index contributed by atoms with van der Waals surface area (Å²) < 4.78 is 2.06. The molecule has 3 heterocycles. The van der Waals surface area contributed by atoms with Crippen LogP contribution in [0, 0.1) is 13.8 Å². The van der Waals surface area contributed by atoms with Crippen molar-refractivity contribution in [3.05, 3.63) is 70.5 Å². The van der Waals surface area contributed by atoms with E-state index < -0.39 is 0 Å². The van der Waals surface area contributed by atoms with Crippen LogP contribution >= 0.6 is 12.2 Å². The van der Waals surface area contributed by atoms with E-state index in [1.807, 2.05) is 55.4 Å². The summed E-state index contributed by atoms with van der Waals surface area (Å²) in [7, 11) is 1.83. The molecule has 1 aromatic heterocycles. The molecule has 0 atom stereocenters. The summed E-state index contributed by atoms with van der Waals surface area (Å²) >= 11 is 5.69. The Balaban J connectivity index is 1.56. The van der Waals surface area contributed by atoms with Gasteiger partial charge in [-0.3, -0.25) is 14.5 Å². The van der Waals surface area contributed by atoms with E-state index >= 15 is 0 Å². The number of carbonyl (C=O) groups excluding carboxylic acids is 2. The van der Waals surface area contributed by atoms with Gasteiger partial charge < -0.3 is 14.4 Å². The number of carbonyl (C=O) groups is 2. The van der Waals surface area contributed by atoms with Gasteiger partial charge in [0.25, 0.3) is 5.91 Å². The zero-order valence-corrected chi connectivity index (χ0v) is 22.2. The normalized spacial score (nSPS) is 17.3. The second-order valence-electron chi connectivity index (χ2n) is 9.75. The lowest BCUT2D eigenvalue weighted by molar-refractivity contribution is -0.130. The van der Waals surface area contributed by atoms with Crippen LogP contribution in [0.3, 0.4) is 0 Å². The van der Waals surface area contributed by atoms with Crippen LogP contribution in [-0.2, 0) is 22.6 Å². The molecule has 0 spiro atoms. The molecule has 0 N–H and O–H groups in total. The van der Waals surface area contributed by atoms with Crippen LogP contribution in [0.5, 0.6) is 0 Å². The smallest absolute Gasteiger partial charge is 0.281 e. The number of fused-ring (bicyclic) bond motifs is 1. The molecule has 2 saturated heterocycles. The van der Waals surface area contributed by atoms with Gasteiger partial charge in [0, 0.05) is 37.3 Å². The minimum Gasteiger partial charge on any atom is -0.341 e. The van der Waals surface area contributed by atoms with Crippen molar-refractivity contribution in [3.8, 4) is 0 Å². The maximum Gasteiger partial charge on any atom is 0.281 e. The highest BCUT2D eigenvalue weighted by Gasteiger charge is 2.37. The maximum absolute atomic E-state index is 13.6. The minimum absolute atomic E-state index is 0.144. The Kier molecular flexibility index (Phi) is 6.43. The summed E-state index contributed by atoms with van der Waals surface area (Å²) in [6, 6.07) is 12.2. The Labute approximate surface area is 217 Å². The third kappa shape index (κ3) is 4.11. The van der Waals surface area contributed by atoms with E-state index in [4.69, 9.17) is 12.2 Å². The monoisotopic (exact) mass is 500 g/mol. The first-order valence-electron chi connectivity index (χ1n) is 12.6. The summed E-state index contributed by atoms with van der Waals surface area (Å²) in [4.78, 5) is 31.9. The largest absolute Gasteiger partial charge is 0.341 e. The number of hydrogen-bond donors (Lipinski definition) is 0. The van der Waals surface area contributed by atoms with E-state index in [1.54, 1.807) is 9.80 Å². The first-order valence-corrected chi connectivity index (χ1v) is 13.0. The molecule has 3 aromatic rings. The summed E-state index contributed by atoms with van der Waals surface area (Å²) in [6.07, 6.45) is 6.92. The van der Waals surface area contributed by atoms with Crippen molar-refractivity contribution >= 4 is 51.8 Å². The van der Waals surface area contributed by atoms with Crippen LogP contribution in [0.4, 0.5) is 5.69 Å². The minimum atomic E-state index is -0.147. The van der Waals surface area contributed by atoms with Crippen molar-refractivity contribution in [1.82, 2.24) is 14.4 Å². The van der Waals surface area contributed by atoms with Gasteiger partial charge in [0.05, 0.1) is 11.2 Å². The fourth-order valence-electron chi connectivity index (χ4n) is 5.20. The zero-order valence-electron chi connectivity index (χ0n) is 21.4. The fourth-order valence-corrected chi connectivity index (χ4v) is 5.49. The number of anilines is 1. The standard InChI is InChI=1S/C29H32N4O2S/c1-5-21-9-8-10-24-22(17-32(27(21)24)18-26(34)31-13-6-7-14-31)16-25-28(35)33(29(36)30(25)4)23-12-11-19(2)20(3)15-23/h8-12,15-17H,5-7,13-14,18H2,1-4H3/b25-16-. The molecule has 0 radical (unpaired) electrons. The first-order chi connectivity index (χ1) is 17.3. The molecule has 2 fully saturated rings. The van der Waals surface area contributed by atoms with Crippen molar-refractivity contribution in [1.29, 1.82) is 0 Å². The van der Waals surface area contributed by atoms with Gasteiger partial charge in [-0.25, -0.2) is 0 Å². The Morgan fingerprint density at radius 3 is 2.53 bits per heavy atom. The van der Waals surface area contributed by atoms with Crippen molar-refractivity contribution < 1.29 is 9.59 Å². The average Bonchev–Trinajstić information content (AvgIpc) is 3.57. The Morgan fingerprint density at radius 2 is 1.83 bits per heavy atom. The second-order valence-corrected chi connectivity index (χ2v) is 10.1. The van der Waals surface area contributed by atoms with Gasteiger partial charge in [-0.2, -0.15) is 0 Å². The summed E-state index contributed by atoms with van der Waals surface area (Å²) in [5, 5.41) is 1.49. The van der Waals surface area contributed by atoms with Crippen molar-refractivity contribution in [3.63, 3.8) is 0 Å². The molecule has 2 aliphatic heterocycles. The number of amides is 2. The predicted molar refractivity (Wildman–Crippen MR) is 149 cm³/mol. The highest BCUT2D eigenvalue weighted by Crippen LogP contribution is 2.32. The lowest BCUT2D eigenvalue weighted by Crippen LogP contribution is -2.31. The van der Waals surface area contributed by atoms with Gasteiger partial charge in [0.2, 0.25) is 5.91 Å². The number of aromatic nitrogens is 1. The van der Waals surface area contributed by atoms with Crippen molar-refractivity contribution in [2.75, 3.05) is 25.0 Å². The number of benzene rings is 2. The van der Waals surface area contributed by atoms with Crippen LogP contribution in [0.1, 0.15) is 42.0 Å². The number of rotatable bonds is 5. The topological polar surface area (TPSA) is 48.8 Å². The van der Waals surface area contributed by atoms with Gasteiger partial charge in [-0.15, -0.1) is 0 Å². The molecule has 2 amide bonds. The van der Waals surface area contributed by atoms with E-state index in [0.717, 1.165) is 60.1 Å². The Hall–Kier alpha value is -3.45. The molecule has 0 saturated carbocycles. The number of hydrogen-bond acceptors (Lipinski definition) is 3. The van der Waals surface area contributed by atoms with Gasteiger partial charge in [-0.05, 0) is 80.2 Å². The van der Waals surface area contributed by atoms with E-state index in [1.165, 1.54) is 11.1 Å². The number of nitrogens with zero attached hydrogens (tertiary/aromatic N) is 4. The molecule has 6 nitrogen and oxygen atoms in total. The van der Waals surface area contributed by atoms with E-state index in [2.05, 4.69) is 30.5 Å². The van der Waals surface area contributed by atoms with E-state index in [0.29, 0.717) is 17.4 Å². The molecule has 2 aromatic carbocycles. The Bertz CT molecular complexity index is 1410. The van der Waals surface area contributed by atoms with Crippen molar-refractivity contribution in [2.24, 2.45) is 0 Å². The molecule has 5 rings (SSSR count). The molecule has 0 bridgehead atoms. The van der Waals surface area contributed by atoms with Gasteiger partial charge in [-0.1, -0.05) is 31.2 Å². The van der Waals surface area contributed by atoms with Crippen LogP contribution in [0.15, 0.2) is 48.3 Å². The summed E-state index contributed by atoms with van der Waals surface area (Å²) in [6.45, 7) is 8.18. The number of para-hydroxylation sites is 1. The zero-order chi connectivity index (χ0) is 25.6. The molecule has 7 heteroatoms. The van der Waals surface area contributed by atoms with Crippen LogP contribution in [0.2, 0.25) is 0 Å². The predicted octanol–water partition coefficient (Wildman–Crippen LogP) is 5.05. The Morgan fingerprint density at radius 1 is 1.08 bits per heavy atom. The van der Waals surface area contributed by atoms with Gasteiger partial charge >= 0.3 is 0 Å². The van der Waals surface area contributed by atoms with Gasteiger partial charge in [0.1, 0.15) is 12.2 Å². The van der Waals surface area contributed by atoms with Crippen LogP contribution in [-0.4, -0.2) is 51.4 Å². The summed E-state index contributed by atoms with van der Waals surface area (Å²) in [5.74, 6) is -0.00268. The number of thiocarbonyl (C=S) groups is 1. The highest BCUT2D eigenvalue weighted by molar-refractivity contribution is 7.80. The third-order valence-corrected chi connectivity index (χ3v) is 7.92. The average molecular weight is 501 g/mol. The molecular formula is C29H32N4O2S. The molecule has 0 aliphatic carbocycles. The van der Waals surface area contributed by atoms with Gasteiger partial charge in [0.15, 0.2) is 5.11 Å². The molecule has 0 unspecified atom stereocenters. The lowest BCUT2D eigenvalue weighted by atomic mass is 10.1. The first kappa shape index (κ1) is 24.3.